The van der Waals surface area contributed by atoms with Crippen LogP contribution in [0.3, 0.4) is 0 Å². The number of hydrogen-bond donors (Lipinski definition) is 1. The SMILES string of the molecule is Cc1oc2cc(OCC(O)CSC(=S)N3CCN(c4ccccc4)CC3)ccc2c(=O)c1C. The molecule has 4 rings (SSSR count). The van der Waals surface area contributed by atoms with Crippen molar-refractivity contribution in [1.82, 2.24) is 4.90 Å². The van der Waals surface area contributed by atoms with Crippen molar-refractivity contribution < 1.29 is 14.3 Å². The van der Waals surface area contributed by atoms with Crippen molar-refractivity contribution in [3.63, 3.8) is 0 Å². The van der Waals surface area contributed by atoms with Gasteiger partial charge in [-0.15, -0.1) is 0 Å². The van der Waals surface area contributed by atoms with E-state index < -0.39 is 6.10 Å². The van der Waals surface area contributed by atoms with Crippen LogP contribution >= 0.6 is 24.0 Å². The Morgan fingerprint density at radius 1 is 1.15 bits per heavy atom. The summed E-state index contributed by atoms with van der Waals surface area (Å²) in [5.41, 5.74) is 2.30. The fourth-order valence-electron chi connectivity index (χ4n) is 3.75. The van der Waals surface area contributed by atoms with E-state index in [1.54, 1.807) is 32.0 Å². The second-order valence-corrected chi connectivity index (χ2v) is 9.78. The van der Waals surface area contributed by atoms with Crippen LogP contribution in [0.4, 0.5) is 5.69 Å². The molecular weight excluding hydrogens is 456 g/mol. The molecule has 2 aromatic carbocycles. The minimum atomic E-state index is -0.666. The van der Waals surface area contributed by atoms with E-state index in [0.717, 1.165) is 30.5 Å². The minimum Gasteiger partial charge on any atom is -0.491 e. The molecule has 0 bridgehead atoms. The van der Waals surface area contributed by atoms with Crippen LogP contribution in [0.25, 0.3) is 11.0 Å². The fraction of sp³-hybridized carbons (Fsp3) is 0.360. The van der Waals surface area contributed by atoms with Gasteiger partial charge in [0.1, 0.15) is 28.0 Å². The van der Waals surface area contributed by atoms with E-state index >= 15 is 0 Å². The summed E-state index contributed by atoms with van der Waals surface area (Å²) in [5.74, 6) is 1.61. The van der Waals surface area contributed by atoms with E-state index in [-0.39, 0.29) is 12.0 Å². The molecule has 1 unspecified atom stereocenters. The number of para-hydroxylation sites is 1. The Kier molecular flexibility index (Phi) is 7.57. The van der Waals surface area contributed by atoms with Gasteiger partial charge >= 0.3 is 0 Å². The van der Waals surface area contributed by atoms with Crippen LogP contribution in [0, 0.1) is 13.8 Å². The maximum absolute atomic E-state index is 12.3. The van der Waals surface area contributed by atoms with E-state index in [1.807, 2.05) is 6.07 Å². The highest BCUT2D eigenvalue weighted by molar-refractivity contribution is 8.22. The Hall–Kier alpha value is -2.55. The normalized spacial score (nSPS) is 15.0. The van der Waals surface area contributed by atoms with Gasteiger partial charge in [-0.05, 0) is 38.1 Å². The van der Waals surface area contributed by atoms with Crippen molar-refractivity contribution in [2.75, 3.05) is 43.4 Å². The lowest BCUT2D eigenvalue weighted by molar-refractivity contribution is 0.126. The molecule has 1 aliphatic rings. The number of benzene rings is 2. The molecule has 1 N–H and O–H groups in total. The van der Waals surface area contributed by atoms with Crippen molar-refractivity contribution in [3.05, 3.63) is 70.1 Å². The molecule has 0 spiro atoms. The largest absolute Gasteiger partial charge is 0.491 e. The van der Waals surface area contributed by atoms with E-state index in [1.165, 1.54) is 17.4 Å². The molecule has 1 aromatic heterocycles. The zero-order chi connectivity index (χ0) is 23.4. The van der Waals surface area contributed by atoms with Crippen LogP contribution in [0.15, 0.2) is 57.7 Å². The standard InChI is InChI=1S/C25H28N2O4S2/c1-17-18(2)31-23-14-21(8-9-22(23)24(17)29)30-15-20(28)16-33-25(32)27-12-10-26(11-13-27)19-6-4-3-5-7-19/h3-9,14,20,28H,10-13,15-16H2,1-2H3. The van der Waals surface area contributed by atoms with Gasteiger partial charge in [-0.2, -0.15) is 0 Å². The number of piperazine rings is 1. The van der Waals surface area contributed by atoms with Crippen LogP contribution in [0.2, 0.25) is 0 Å². The first-order valence-electron chi connectivity index (χ1n) is 11.0. The summed E-state index contributed by atoms with van der Waals surface area (Å²) >= 11 is 7.07. The van der Waals surface area contributed by atoms with Crippen LogP contribution in [-0.2, 0) is 0 Å². The highest BCUT2D eigenvalue weighted by Gasteiger charge is 2.20. The lowest BCUT2D eigenvalue weighted by Crippen LogP contribution is -2.47. The molecule has 2 heterocycles. The second kappa shape index (κ2) is 10.6. The highest BCUT2D eigenvalue weighted by Crippen LogP contribution is 2.22. The summed E-state index contributed by atoms with van der Waals surface area (Å²) in [5, 5.41) is 10.9. The molecular formula is C25H28N2O4S2. The molecule has 6 nitrogen and oxygen atoms in total. The molecule has 0 aliphatic carbocycles. The van der Waals surface area contributed by atoms with Crippen molar-refractivity contribution in [2.24, 2.45) is 0 Å². The number of rotatable bonds is 6. The van der Waals surface area contributed by atoms with Crippen LogP contribution in [0.1, 0.15) is 11.3 Å². The first-order chi connectivity index (χ1) is 15.9. The predicted octanol–water partition coefficient (Wildman–Crippen LogP) is 3.99. The van der Waals surface area contributed by atoms with Crippen molar-refractivity contribution >= 4 is 45.0 Å². The van der Waals surface area contributed by atoms with Gasteiger partial charge in [0.25, 0.3) is 0 Å². The molecule has 33 heavy (non-hydrogen) atoms. The number of fused-ring (bicyclic) bond motifs is 1. The summed E-state index contributed by atoms with van der Waals surface area (Å²) in [6.07, 6.45) is -0.666. The minimum absolute atomic E-state index is 0.0325. The lowest BCUT2D eigenvalue weighted by Gasteiger charge is -2.37. The number of aliphatic hydroxyl groups excluding tert-OH is 1. The van der Waals surface area contributed by atoms with Crippen LogP contribution in [0.5, 0.6) is 5.75 Å². The molecule has 3 aromatic rings. The third-order valence-electron chi connectivity index (χ3n) is 5.83. The summed E-state index contributed by atoms with van der Waals surface area (Å²) in [6, 6.07) is 15.5. The van der Waals surface area contributed by atoms with E-state index in [4.69, 9.17) is 21.4 Å². The number of aliphatic hydroxyl groups is 1. The molecule has 0 radical (unpaired) electrons. The highest BCUT2D eigenvalue weighted by atomic mass is 32.2. The Labute approximate surface area is 203 Å². The summed E-state index contributed by atoms with van der Waals surface area (Å²) in [4.78, 5) is 16.9. The van der Waals surface area contributed by atoms with Crippen molar-refractivity contribution in [1.29, 1.82) is 0 Å². The van der Waals surface area contributed by atoms with Gasteiger partial charge in [0, 0.05) is 49.2 Å². The third kappa shape index (κ3) is 5.69. The third-order valence-corrected chi connectivity index (χ3v) is 7.50. The molecule has 1 aliphatic heterocycles. The van der Waals surface area contributed by atoms with Gasteiger partial charge in [0.05, 0.1) is 11.5 Å². The topological polar surface area (TPSA) is 66.2 Å². The number of nitrogens with zero attached hydrogens (tertiary/aromatic N) is 2. The summed E-state index contributed by atoms with van der Waals surface area (Å²) in [6.45, 7) is 7.25. The molecule has 1 atom stereocenters. The zero-order valence-corrected chi connectivity index (χ0v) is 20.5. The number of thiocarbonyl (C=S) groups is 1. The molecule has 0 amide bonds. The molecule has 174 valence electrons. The Bertz CT molecular complexity index is 1170. The number of aryl methyl sites for hydroxylation is 1. The number of anilines is 1. The van der Waals surface area contributed by atoms with E-state index in [2.05, 4.69) is 34.1 Å². The number of thioether (sulfide) groups is 1. The quantitative estimate of drug-likeness (QED) is 0.527. The van der Waals surface area contributed by atoms with Gasteiger partial charge in [0.15, 0.2) is 5.43 Å². The molecule has 0 saturated carbocycles. The second-order valence-electron chi connectivity index (χ2n) is 8.12. The number of ether oxygens (including phenoxy) is 1. The van der Waals surface area contributed by atoms with E-state index in [0.29, 0.717) is 33.8 Å². The van der Waals surface area contributed by atoms with Crippen molar-refractivity contribution in [2.45, 2.75) is 20.0 Å². The summed E-state index contributed by atoms with van der Waals surface area (Å²) < 4.78 is 12.3. The zero-order valence-electron chi connectivity index (χ0n) is 18.8. The maximum atomic E-state index is 12.3. The Morgan fingerprint density at radius 2 is 1.88 bits per heavy atom. The van der Waals surface area contributed by atoms with Crippen molar-refractivity contribution in [3.8, 4) is 5.75 Å². The smallest absolute Gasteiger partial charge is 0.195 e. The molecule has 8 heteroatoms. The molecule has 1 fully saturated rings. The monoisotopic (exact) mass is 484 g/mol. The first-order valence-corrected chi connectivity index (χ1v) is 12.4. The maximum Gasteiger partial charge on any atom is 0.195 e. The van der Waals surface area contributed by atoms with Gasteiger partial charge in [0.2, 0.25) is 0 Å². The summed E-state index contributed by atoms with van der Waals surface area (Å²) in [7, 11) is 0. The van der Waals surface area contributed by atoms with E-state index in [9.17, 15) is 9.90 Å². The van der Waals surface area contributed by atoms with Gasteiger partial charge in [-0.1, -0.05) is 42.2 Å². The van der Waals surface area contributed by atoms with Gasteiger partial charge < -0.3 is 24.1 Å². The average molecular weight is 485 g/mol. The fourth-order valence-corrected chi connectivity index (χ4v) is 4.94. The first kappa shape index (κ1) is 23.6. The number of hydrogen-bond acceptors (Lipinski definition) is 7. The van der Waals surface area contributed by atoms with Crippen LogP contribution < -0.4 is 15.1 Å². The lowest BCUT2D eigenvalue weighted by atomic mass is 10.1. The Balaban J connectivity index is 1.23. The van der Waals surface area contributed by atoms with Gasteiger partial charge in [-0.25, -0.2) is 0 Å². The predicted molar refractivity (Wildman–Crippen MR) is 139 cm³/mol. The average Bonchev–Trinajstić information content (AvgIpc) is 2.85. The van der Waals surface area contributed by atoms with Gasteiger partial charge in [-0.3, -0.25) is 4.79 Å². The molecule has 1 saturated heterocycles. The Morgan fingerprint density at radius 3 is 2.61 bits per heavy atom. The van der Waals surface area contributed by atoms with Crippen LogP contribution in [-0.4, -0.2) is 59.0 Å².